The Labute approximate surface area is 117 Å². The molecule has 3 nitrogen and oxygen atoms in total. The summed E-state index contributed by atoms with van der Waals surface area (Å²) in [6.07, 6.45) is 1.62. The van der Waals surface area contributed by atoms with Gasteiger partial charge in [0.2, 0.25) is 0 Å². The fourth-order valence-electron chi connectivity index (χ4n) is 2.21. The monoisotopic (exact) mass is 265 g/mol. The molecule has 19 heavy (non-hydrogen) atoms. The van der Waals surface area contributed by atoms with Crippen LogP contribution in [0.5, 0.6) is 5.75 Å². The lowest BCUT2D eigenvalue weighted by atomic mass is 10.1. The lowest BCUT2D eigenvalue weighted by Crippen LogP contribution is -2.37. The van der Waals surface area contributed by atoms with Crippen molar-refractivity contribution in [3.63, 3.8) is 0 Å². The topological polar surface area (TPSA) is 32.7 Å². The summed E-state index contributed by atoms with van der Waals surface area (Å²) in [4.78, 5) is 2.29. The van der Waals surface area contributed by atoms with E-state index in [0.29, 0.717) is 12.6 Å². The van der Waals surface area contributed by atoms with E-state index in [2.05, 4.69) is 31.7 Å². The summed E-state index contributed by atoms with van der Waals surface area (Å²) < 4.78 is 5.39. The molecule has 0 aliphatic heterocycles. The summed E-state index contributed by atoms with van der Waals surface area (Å²) in [5, 5.41) is 10.0. The van der Waals surface area contributed by atoms with Crippen molar-refractivity contribution >= 4 is 0 Å². The van der Waals surface area contributed by atoms with Crippen LogP contribution in [0.25, 0.3) is 0 Å². The minimum Gasteiger partial charge on any atom is -0.496 e. The molecule has 1 N–H and O–H groups in total. The highest BCUT2D eigenvalue weighted by Crippen LogP contribution is 2.20. The number of aliphatic hydroxyl groups is 1. The maximum atomic E-state index is 10.0. The van der Waals surface area contributed by atoms with Crippen molar-refractivity contribution in [1.82, 2.24) is 4.90 Å². The molecule has 1 rings (SSSR count). The third-order valence-electron chi connectivity index (χ3n) is 3.36. The number of para-hydroxylation sites is 1. The zero-order valence-electron chi connectivity index (χ0n) is 12.6. The first-order chi connectivity index (χ1) is 9.08. The van der Waals surface area contributed by atoms with Crippen LogP contribution in [0.2, 0.25) is 0 Å². The molecule has 1 unspecified atom stereocenters. The Morgan fingerprint density at radius 2 is 1.95 bits per heavy atom. The van der Waals surface area contributed by atoms with Gasteiger partial charge in [0.1, 0.15) is 5.75 Å². The summed E-state index contributed by atoms with van der Waals surface area (Å²) >= 11 is 0. The summed E-state index contributed by atoms with van der Waals surface area (Å²) in [5.41, 5.74) is 1.17. The highest BCUT2D eigenvalue weighted by atomic mass is 16.5. The molecule has 0 aliphatic carbocycles. The van der Waals surface area contributed by atoms with Crippen molar-refractivity contribution in [3.05, 3.63) is 29.8 Å². The number of methoxy groups -OCH3 is 1. The molecule has 0 spiro atoms. The molecule has 1 aromatic carbocycles. The second-order valence-corrected chi connectivity index (χ2v) is 5.28. The van der Waals surface area contributed by atoms with Gasteiger partial charge in [0.25, 0.3) is 0 Å². The molecule has 1 aromatic rings. The standard InChI is InChI=1S/C16H27NO2/c1-5-8-15(18)12-17(13(2)3)11-14-9-6-7-10-16(14)19-4/h6-7,9-10,13,15,18H,5,8,11-12H2,1-4H3. The molecule has 0 saturated heterocycles. The molecule has 0 aromatic heterocycles. The highest BCUT2D eigenvalue weighted by molar-refractivity contribution is 5.33. The van der Waals surface area contributed by atoms with E-state index in [9.17, 15) is 5.11 Å². The third-order valence-corrected chi connectivity index (χ3v) is 3.36. The van der Waals surface area contributed by atoms with Gasteiger partial charge in [-0.15, -0.1) is 0 Å². The molecular weight excluding hydrogens is 238 g/mol. The Hall–Kier alpha value is -1.06. The van der Waals surface area contributed by atoms with Gasteiger partial charge >= 0.3 is 0 Å². The van der Waals surface area contributed by atoms with E-state index in [4.69, 9.17) is 4.74 Å². The minimum atomic E-state index is -0.248. The van der Waals surface area contributed by atoms with Crippen molar-refractivity contribution < 1.29 is 9.84 Å². The number of hydrogen-bond donors (Lipinski definition) is 1. The van der Waals surface area contributed by atoms with E-state index < -0.39 is 0 Å². The van der Waals surface area contributed by atoms with Gasteiger partial charge in [-0.25, -0.2) is 0 Å². The third kappa shape index (κ3) is 5.21. The number of nitrogens with zero attached hydrogens (tertiary/aromatic N) is 1. The van der Waals surface area contributed by atoms with Crippen LogP contribution in [-0.4, -0.2) is 35.8 Å². The number of rotatable bonds is 8. The molecule has 0 bridgehead atoms. The van der Waals surface area contributed by atoms with Gasteiger partial charge in [-0.3, -0.25) is 4.90 Å². The van der Waals surface area contributed by atoms with Gasteiger partial charge in [-0.05, 0) is 26.3 Å². The van der Waals surface area contributed by atoms with E-state index in [1.54, 1.807) is 7.11 Å². The largest absolute Gasteiger partial charge is 0.496 e. The van der Waals surface area contributed by atoms with Crippen molar-refractivity contribution in [3.8, 4) is 5.75 Å². The van der Waals surface area contributed by atoms with Gasteiger partial charge in [0, 0.05) is 24.7 Å². The predicted octanol–water partition coefficient (Wildman–Crippen LogP) is 3.07. The molecule has 0 heterocycles. The van der Waals surface area contributed by atoms with Crippen molar-refractivity contribution in [2.75, 3.05) is 13.7 Å². The number of ether oxygens (including phenoxy) is 1. The van der Waals surface area contributed by atoms with Gasteiger partial charge in [0.05, 0.1) is 13.2 Å². The lowest BCUT2D eigenvalue weighted by Gasteiger charge is -2.29. The molecular formula is C16H27NO2. The summed E-state index contributed by atoms with van der Waals surface area (Å²) in [5.74, 6) is 0.915. The van der Waals surface area contributed by atoms with Crippen LogP contribution in [0, 0.1) is 0 Å². The summed E-state index contributed by atoms with van der Waals surface area (Å²) in [6, 6.07) is 8.47. The Bertz CT molecular complexity index is 366. The van der Waals surface area contributed by atoms with Crippen LogP contribution in [-0.2, 0) is 6.54 Å². The average Bonchev–Trinajstić information content (AvgIpc) is 2.38. The molecule has 0 radical (unpaired) electrons. The fraction of sp³-hybridized carbons (Fsp3) is 0.625. The first-order valence-corrected chi connectivity index (χ1v) is 7.12. The van der Waals surface area contributed by atoms with E-state index in [1.165, 1.54) is 5.56 Å². The summed E-state index contributed by atoms with van der Waals surface area (Å²) in [6.45, 7) is 7.94. The van der Waals surface area contributed by atoms with E-state index in [-0.39, 0.29) is 6.10 Å². The maximum Gasteiger partial charge on any atom is 0.123 e. The Morgan fingerprint density at radius 1 is 1.26 bits per heavy atom. The Balaban J connectivity index is 2.72. The van der Waals surface area contributed by atoms with Crippen molar-refractivity contribution in [2.24, 2.45) is 0 Å². The van der Waals surface area contributed by atoms with Crippen LogP contribution >= 0.6 is 0 Å². The van der Waals surface area contributed by atoms with Crippen molar-refractivity contribution in [2.45, 2.75) is 52.3 Å². The van der Waals surface area contributed by atoms with E-state index in [1.807, 2.05) is 18.2 Å². The number of aliphatic hydroxyl groups excluding tert-OH is 1. The maximum absolute atomic E-state index is 10.0. The highest BCUT2D eigenvalue weighted by Gasteiger charge is 2.16. The smallest absolute Gasteiger partial charge is 0.123 e. The van der Waals surface area contributed by atoms with Gasteiger partial charge in [0.15, 0.2) is 0 Å². The quantitative estimate of drug-likeness (QED) is 0.784. The number of benzene rings is 1. The molecule has 0 fully saturated rings. The second-order valence-electron chi connectivity index (χ2n) is 5.28. The van der Waals surface area contributed by atoms with Crippen LogP contribution in [0.1, 0.15) is 39.2 Å². The summed E-state index contributed by atoms with van der Waals surface area (Å²) in [7, 11) is 1.70. The van der Waals surface area contributed by atoms with Crippen LogP contribution < -0.4 is 4.74 Å². The van der Waals surface area contributed by atoms with E-state index in [0.717, 1.165) is 25.1 Å². The minimum absolute atomic E-state index is 0.248. The average molecular weight is 265 g/mol. The molecule has 1 atom stereocenters. The van der Waals surface area contributed by atoms with Crippen LogP contribution in [0.4, 0.5) is 0 Å². The first kappa shape index (κ1) is 16.0. The molecule has 3 heteroatoms. The van der Waals surface area contributed by atoms with Crippen LogP contribution in [0.15, 0.2) is 24.3 Å². The molecule has 0 saturated carbocycles. The zero-order chi connectivity index (χ0) is 14.3. The zero-order valence-corrected chi connectivity index (χ0v) is 12.6. The van der Waals surface area contributed by atoms with Gasteiger partial charge in [-0.2, -0.15) is 0 Å². The Kier molecular flexibility index (Phi) is 6.89. The first-order valence-electron chi connectivity index (χ1n) is 7.12. The predicted molar refractivity (Wildman–Crippen MR) is 79.5 cm³/mol. The van der Waals surface area contributed by atoms with E-state index >= 15 is 0 Å². The molecule has 108 valence electrons. The molecule has 0 aliphatic rings. The fourth-order valence-corrected chi connectivity index (χ4v) is 2.21. The van der Waals surface area contributed by atoms with Crippen LogP contribution in [0.3, 0.4) is 0 Å². The Morgan fingerprint density at radius 3 is 2.53 bits per heavy atom. The molecule has 0 amide bonds. The van der Waals surface area contributed by atoms with Crippen molar-refractivity contribution in [1.29, 1.82) is 0 Å². The lowest BCUT2D eigenvalue weighted by molar-refractivity contribution is 0.0838. The van der Waals surface area contributed by atoms with Gasteiger partial charge < -0.3 is 9.84 Å². The number of hydrogen-bond acceptors (Lipinski definition) is 3. The SMILES string of the molecule is CCCC(O)CN(Cc1ccccc1OC)C(C)C. The van der Waals surface area contributed by atoms with Gasteiger partial charge in [-0.1, -0.05) is 31.5 Å². The second kappa shape index (κ2) is 8.18. The normalized spacial score (nSPS) is 13.0.